The summed E-state index contributed by atoms with van der Waals surface area (Å²) in [7, 11) is 0. The predicted molar refractivity (Wildman–Crippen MR) is 147 cm³/mol. The molecule has 7 heteroatoms. The summed E-state index contributed by atoms with van der Waals surface area (Å²) in [4.78, 5) is 28.3. The molecule has 0 saturated carbocycles. The standard InChI is InChI=1S/C31H33NO6/c1-6-36-24-16-12-23(13-17-24)32-28(22-8-7-9-26(18-22)38-20(4)5)27(30(34)31(32)35)29(33)21-10-14-25(15-11-21)37-19(2)3/h7-20,28,33H,6H2,1-5H3/b29-27-. The predicted octanol–water partition coefficient (Wildman–Crippen LogP) is 6.29. The van der Waals surface area contributed by atoms with E-state index in [1.165, 1.54) is 4.90 Å². The van der Waals surface area contributed by atoms with Gasteiger partial charge in [0.25, 0.3) is 11.7 Å². The Morgan fingerprint density at radius 2 is 1.45 bits per heavy atom. The Hall–Kier alpha value is -4.26. The van der Waals surface area contributed by atoms with Gasteiger partial charge in [0.2, 0.25) is 0 Å². The van der Waals surface area contributed by atoms with Crippen molar-refractivity contribution in [3.8, 4) is 17.2 Å². The molecule has 3 aromatic rings. The third kappa shape index (κ3) is 5.67. The molecule has 0 bridgehead atoms. The number of carbonyl (C=O) groups excluding carboxylic acids is 2. The van der Waals surface area contributed by atoms with E-state index in [1.807, 2.05) is 52.8 Å². The van der Waals surface area contributed by atoms with E-state index in [9.17, 15) is 14.7 Å². The number of ether oxygens (including phenoxy) is 3. The van der Waals surface area contributed by atoms with Crippen molar-refractivity contribution in [3.05, 3.63) is 89.5 Å². The molecule has 1 aliphatic rings. The largest absolute Gasteiger partial charge is 0.507 e. The zero-order valence-corrected chi connectivity index (χ0v) is 22.3. The SMILES string of the molecule is CCOc1ccc(N2C(=O)C(=O)/C(=C(\O)c3ccc(OC(C)C)cc3)C2c2cccc(OC(C)C)c2)cc1. The molecular weight excluding hydrogens is 482 g/mol. The number of hydrogen-bond acceptors (Lipinski definition) is 6. The van der Waals surface area contributed by atoms with Crippen molar-refractivity contribution < 1.29 is 28.9 Å². The molecule has 0 aromatic heterocycles. The number of aliphatic hydroxyl groups is 1. The van der Waals surface area contributed by atoms with Crippen LogP contribution in [-0.2, 0) is 9.59 Å². The molecular formula is C31H33NO6. The minimum atomic E-state index is -0.866. The maximum Gasteiger partial charge on any atom is 0.300 e. The summed E-state index contributed by atoms with van der Waals surface area (Å²) >= 11 is 0. The fourth-order valence-electron chi connectivity index (χ4n) is 4.43. The van der Waals surface area contributed by atoms with E-state index >= 15 is 0 Å². The van der Waals surface area contributed by atoms with Gasteiger partial charge < -0.3 is 19.3 Å². The second kappa shape index (κ2) is 11.4. The minimum absolute atomic E-state index is 0.00288. The van der Waals surface area contributed by atoms with Crippen molar-refractivity contribution in [1.29, 1.82) is 0 Å². The van der Waals surface area contributed by atoms with Crippen LogP contribution in [0.2, 0.25) is 0 Å². The van der Waals surface area contributed by atoms with Gasteiger partial charge in [0.1, 0.15) is 23.0 Å². The fourth-order valence-corrected chi connectivity index (χ4v) is 4.43. The van der Waals surface area contributed by atoms with E-state index in [0.717, 1.165) is 0 Å². The van der Waals surface area contributed by atoms with Gasteiger partial charge in [-0.25, -0.2) is 0 Å². The van der Waals surface area contributed by atoms with Crippen molar-refractivity contribution in [2.24, 2.45) is 0 Å². The summed E-state index contributed by atoms with van der Waals surface area (Å²) in [6.07, 6.45) is -0.0662. The average molecular weight is 516 g/mol. The third-order valence-corrected chi connectivity index (χ3v) is 5.92. The molecule has 1 saturated heterocycles. The van der Waals surface area contributed by atoms with E-state index in [1.54, 1.807) is 54.6 Å². The number of nitrogens with zero attached hydrogens (tertiary/aromatic N) is 1. The lowest BCUT2D eigenvalue weighted by Gasteiger charge is -2.26. The fraction of sp³-hybridized carbons (Fsp3) is 0.290. The number of amides is 1. The van der Waals surface area contributed by atoms with Crippen LogP contribution in [0.3, 0.4) is 0 Å². The number of rotatable bonds is 9. The van der Waals surface area contributed by atoms with Gasteiger partial charge in [0.05, 0.1) is 30.4 Å². The van der Waals surface area contributed by atoms with E-state index in [2.05, 4.69) is 0 Å². The van der Waals surface area contributed by atoms with E-state index in [-0.39, 0.29) is 23.5 Å². The first kappa shape index (κ1) is 26.8. The molecule has 1 fully saturated rings. The molecule has 3 aromatic carbocycles. The highest BCUT2D eigenvalue weighted by Gasteiger charge is 2.47. The molecule has 0 aliphatic carbocycles. The van der Waals surface area contributed by atoms with Gasteiger partial charge in [0.15, 0.2) is 0 Å². The molecule has 38 heavy (non-hydrogen) atoms. The number of benzene rings is 3. The van der Waals surface area contributed by atoms with Crippen LogP contribution in [0.5, 0.6) is 17.2 Å². The smallest absolute Gasteiger partial charge is 0.300 e. The normalized spacial score (nSPS) is 16.8. The molecule has 198 valence electrons. The number of carbonyl (C=O) groups is 2. The lowest BCUT2D eigenvalue weighted by Crippen LogP contribution is -2.29. The topological polar surface area (TPSA) is 85.3 Å². The van der Waals surface area contributed by atoms with Gasteiger partial charge in [-0.1, -0.05) is 12.1 Å². The zero-order chi connectivity index (χ0) is 27.4. The molecule has 1 aliphatic heterocycles. The summed E-state index contributed by atoms with van der Waals surface area (Å²) in [5, 5.41) is 11.4. The maximum absolute atomic E-state index is 13.4. The van der Waals surface area contributed by atoms with Crippen LogP contribution in [0, 0.1) is 0 Å². The van der Waals surface area contributed by atoms with Gasteiger partial charge >= 0.3 is 0 Å². The van der Waals surface area contributed by atoms with Crippen LogP contribution >= 0.6 is 0 Å². The van der Waals surface area contributed by atoms with Gasteiger partial charge in [-0.05, 0) is 101 Å². The first-order chi connectivity index (χ1) is 18.2. The number of hydrogen-bond donors (Lipinski definition) is 1. The summed E-state index contributed by atoms with van der Waals surface area (Å²) in [6.45, 7) is 10.1. The zero-order valence-electron chi connectivity index (χ0n) is 22.3. The summed E-state index contributed by atoms with van der Waals surface area (Å²) in [6, 6.07) is 20.1. The van der Waals surface area contributed by atoms with Gasteiger partial charge in [-0.2, -0.15) is 0 Å². The number of aliphatic hydroxyl groups excluding tert-OH is 1. The van der Waals surface area contributed by atoms with Crippen LogP contribution in [0.1, 0.15) is 51.8 Å². The second-order valence-corrected chi connectivity index (χ2v) is 9.53. The quantitative estimate of drug-likeness (QED) is 0.205. The molecule has 1 unspecified atom stereocenters. The molecule has 1 atom stereocenters. The molecule has 7 nitrogen and oxygen atoms in total. The van der Waals surface area contributed by atoms with Crippen molar-refractivity contribution in [3.63, 3.8) is 0 Å². The van der Waals surface area contributed by atoms with E-state index in [0.29, 0.717) is 40.7 Å². The minimum Gasteiger partial charge on any atom is -0.507 e. The summed E-state index contributed by atoms with van der Waals surface area (Å²) in [5.74, 6) is 0.148. The Morgan fingerprint density at radius 3 is 2.05 bits per heavy atom. The van der Waals surface area contributed by atoms with E-state index in [4.69, 9.17) is 14.2 Å². The molecule has 1 amide bonds. The first-order valence-corrected chi connectivity index (χ1v) is 12.8. The molecule has 0 spiro atoms. The van der Waals surface area contributed by atoms with Crippen molar-refractivity contribution in [2.75, 3.05) is 11.5 Å². The molecule has 4 rings (SSSR count). The van der Waals surface area contributed by atoms with Crippen LogP contribution < -0.4 is 19.1 Å². The molecule has 1 N–H and O–H groups in total. The Kier molecular flexibility index (Phi) is 8.05. The van der Waals surface area contributed by atoms with E-state index < -0.39 is 17.7 Å². The van der Waals surface area contributed by atoms with Crippen LogP contribution in [0.4, 0.5) is 5.69 Å². The van der Waals surface area contributed by atoms with Gasteiger partial charge in [-0.3, -0.25) is 14.5 Å². The highest BCUT2D eigenvalue weighted by molar-refractivity contribution is 6.51. The van der Waals surface area contributed by atoms with Gasteiger partial charge in [-0.15, -0.1) is 0 Å². The van der Waals surface area contributed by atoms with Crippen molar-refractivity contribution in [1.82, 2.24) is 0 Å². The van der Waals surface area contributed by atoms with Crippen molar-refractivity contribution in [2.45, 2.75) is 52.9 Å². The second-order valence-electron chi connectivity index (χ2n) is 9.53. The molecule has 1 heterocycles. The number of anilines is 1. The number of Topliss-reactive ketones (excluding diaryl/α,β-unsaturated/α-hetero) is 1. The van der Waals surface area contributed by atoms with Gasteiger partial charge in [0, 0.05) is 11.3 Å². The lowest BCUT2D eigenvalue weighted by atomic mass is 9.95. The monoisotopic (exact) mass is 515 g/mol. The Balaban J connectivity index is 1.84. The lowest BCUT2D eigenvalue weighted by molar-refractivity contribution is -0.132. The van der Waals surface area contributed by atoms with Crippen LogP contribution in [-0.4, -0.2) is 35.6 Å². The Bertz CT molecular complexity index is 1330. The summed E-state index contributed by atoms with van der Waals surface area (Å²) in [5.41, 5.74) is 1.56. The van der Waals surface area contributed by atoms with Crippen LogP contribution in [0.15, 0.2) is 78.4 Å². The Labute approximate surface area is 223 Å². The maximum atomic E-state index is 13.4. The summed E-state index contributed by atoms with van der Waals surface area (Å²) < 4.78 is 17.1. The Morgan fingerprint density at radius 1 is 0.842 bits per heavy atom. The number of ketones is 1. The third-order valence-electron chi connectivity index (χ3n) is 5.92. The highest BCUT2D eigenvalue weighted by atomic mass is 16.5. The molecule has 0 radical (unpaired) electrons. The highest BCUT2D eigenvalue weighted by Crippen LogP contribution is 2.43. The van der Waals surface area contributed by atoms with Crippen molar-refractivity contribution >= 4 is 23.1 Å². The first-order valence-electron chi connectivity index (χ1n) is 12.8. The average Bonchev–Trinajstić information content (AvgIpc) is 3.14. The van der Waals surface area contributed by atoms with Crippen LogP contribution in [0.25, 0.3) is 5.76 Å².